The lowest BCUT2D eigenvalue weighted by molar-refractivity contribution is -0.274. The van der Waals surface area contributed by atoms with Crippen LogP contribution < -0.4 is 24.6 Å². The van der Waals surface area contributed by atoms with Gasteiger partial charge in [-0.25, -0.2) is 13.4 Å². The summed E-state index contributed by atoms with van der Waals surface area (Å²) in [6.07, 6.45) is 4.09. The van der Waals surface area contributed by atoms with Crippen LogP contribution in [-0.2, 0) is 10.0 Å². The summed E-state index contributed by atoms with van der Waals surface area (Å²) in [4.78, 5) is 27.8. The summed E-state index contributed by atoms with van der Waals surface area (Å²) < 4.78 is 72.7. The summed E-state index contributed by atoms with van der Waals surface area (Å²) in [5, 5.41) is 6.14. The lowest BCUT2D eigenvalue weighted by Crippen LogP contribution is -2.52. The number of benzene rings is 2. The van der Waals surface area contributed by atoms with E-state index in [1.807, 2.05) is 0 Å². The van der Waals surface area contributed by atoms with E-state index in [0.29, 0.717) is 58.1 Å². The molecular weight excluding hydrogens is 712 g/mol. The Morgan fingerprint density at radius 2 is 1.72 bits per heavy atom. The lowest BCUT2D eigenvalue weighted by Gasteiger charge is -2.43. The molecule has 53 heavy (non-hydrogen) atoms. The van der Waals surface area contributed by atoms with Gasteiger partial charge in [0.25, 0.3) is 0 Å². The molecule has 2 aliphatic heterocycles. The zero-order valence-corrected chi connectivity index (χ0v) is 30.3. The van der Waals surface area contributed by atoms with Crippen LogP contribution in [0, 0.1) is 0 Å². The highest BCUT2D eigenvalue weighted by atomic mass is 32.2. The van der Waals surface area contributed by atoms with E-state index in [1.54, 1.807) is 36.5 Å². The maximum atomic E-state index is 13.9. The number of rotatable bonds is 10. The number of nitrogens with one attached hydrogen (secondary N) is 3. The highest BCUT2D eigenvalue weighted by Gasteiger charge is 2.34. The SMILES string of the molecule is C=Cc1cc(Nc2nc(Nc3ccc4nccnc4c3N(C)S(C)(=O)=O)c3[nH]ccc3n2)c(OC(F)(F)F)cc1N1CCC(N2CCN(C)CC2)CC1. The Balaban J connectivity index is 1.22. The number of nitrogens with zero attached hydrogens (tertiary/aromatic N) is 8. The third kappa shape index (κ3) is 7.79. The number of alkyl halides is 3. The molecule has 0 bridgehead atoms. The van der Waals surface area contributed by atoms with Crippen molar-refractivity contribution in [1.82, 2.24) is 34.7 Å². The lowest BCUT2D eigenvalue weighted by atomic mass is 10.00. The molecular formula is C35H40F3N11O3S. The van der Waals surface area contributed by atoms with E-state index in [-0.39, 0.29) is 23.1 Å². The van der Waals surface area contributed by atoms with Gasteiger partial charge < -0.3 is 30.2 Å². The number of hydrogen-bond acceptors (Lipinski definition) is 12. The number of aromatic amines is 1. The van der Waals surface area contributed by atoms with Crippen molar-refractivity contribution in [3.05, 3.63) is 61.1 Å². The molecule has 0 radical (unpaired) electrons. The Kier molecular flexibility index (Phi) is 9.77. The molecule has 2 aromatic carbocycles. The Morgan fingerprint density at radius 1 is 0.981 bits per heavy atom. The van der Waals surface area contributed by atoms with Crippen LogP contribution in [0.4, 0.5) is 47.7 Å². The van der Waals surface area contributed by atoms with Crippen LogP contribution in [0.3, 0.4) is 0 Å². The molecule has 7 rings (SSSR count). The summed E-state index contributed by atoms with van der Waals surface area (Å²) in [7, 11) is -0.215. The fraction of sp³-hybridized carbons (Fsp3) is 0.371. The van der Waals surface area contributed by atoms with E-state index in [0.717, 1.165) is 49.6 Å². The van der Waals surface area contributed by atoms with Crippen LogP contribution in [0.1, 0.15) is 18.4 Å². The van der Waals surface area contributed by atoms with Gasteiger partial charge in [0.1, 0.15) is 16.7 Å². The van der Waals surface area contributed by atoms with Crippen molar-refractivity contribution in [2.75, 3.05) is 79.5 Å². The van der Waals surface area contributed by atoms with Crippen LogP contribution in [0.5, 0.6) is 5.75 Å². The fourth-order valence-corrected chi connectivity index (χ4v) is 7.45. The van der Waals surface area contributed by atoms with Crippen molar-refractivity contribution in [3.63, 3.8) is 0 Å². The number of fused-ring (bicyclic) bond motifs is 2. The number of hydrogen-bond donors (Lipinski definition) is 3. The Bertz CT molecular complexity index is 2250. The normalized spacial score (nSPS) is 16.6. The average Bonchev–Trinajstić information content (AvgIpc) is 3.60. The van der Waals surface area contributed by atoms with Crippen molar-refractivity contribution >= 4 is 72.7 Å². The highest BCUT2D eigenvalue weighted by molar-refractivity contribution is 7.92. The molecule has 0 atom stereocenters. The van der Waals surface area contributed by atoms with E-state index < -0.39 is 22.1 Å². The first-order valence-corrected chi connectivity index (χ1v) is 18.9. The Hall–Kier alpha value is -5.20. The summed E-state index contributed by atoms with van der Waals surface area (Å²) in [6, 6.07) is 8.38. The van der Waals surface area contributed by atoms with Crippen molar-refractivity contribution in [2.45, 2.75) is 25.2 Å². The number of aromatic nitrogens is 5. The molecule has 18 heteroatoms. The molecule has 0 spiro atoms. The zero-order chi connectivity index (χ0) is 37.5. The van der Waals surface area contributed by atoms with Crippen molar-refractivity contribution < 1.29 is 26.3 Å². The van der Waals surface area contributed by atoms with Crippen LogP contribution in [-0.4, -0.2) is 115 Å². The van der Waals surface area contributed by atoms with E-state index in [1.165, 1.54) is 25.5 Å². The van der Waals surface area contributed by atoms with Crippen molar-refractivity contribution in [1.29, 1.82) is 0 Å². The van der Waals surface area contributed by atoms with Gasteiger partial charge in [0.05, 0.1) is 28.7 Å². The number of anilines is 6. The Morgan fingerprint density at radius 3 is 2.42 bits per heavy atom. The predicted octanol–water partition coefficient (Wildman–Crippen LogP) is 5.54. The smallest absolute Gasteiger partial charge is 0.403 e. The molecule has 3 aromatic heterocycles. The van der Waals surface area contributed by atoms with Gasteiger partial charge in [-0.3, -0.25) is 19.2 Å². The number of piperazine rings is 1. The summed E-state index contributed by atoms with van der Waals surface area (Å²) >= 11 is 0. The number of halogens is 3. The van der Waals surface area contributed by atoms with Crippen molar-refractivity contribution in [2.24, 2.45) is 0 Å². The predicted molar refractivity (Wildman–Crippen MR) is 201 cm³/mol. The standard InChI is InChI=1S/C35H40F3N11O3S/c1-5-22-20-27(29(52-35(36,37)38)21-28(22)49-14-9-23(10-15-49)48-18-16-46(2)17-19-48)44-34-43-25-8-11-40-31(25)33(45-34)42-26-7-6-24-30(41-13-12-39-24)32(26)47(3)53(4,50)51/h5-8,11-13,20-21,23,40H,1,9-10,14-19H2,2-4H3,(H2,42,43,44,45). The van der Waals surface area contributed by atoms with Gasteiger partial charge in [-0.2, -0.15) is 4.98 Å². The minimum absolute atomic E-state index is 0.0207. The minimum atomic E-state index is -4.98. The maximum absolute atomic E-state index is 13.9. The third-order valence-electron chi connectivity index (χ3n) is 9.77. The van der Waals surface area contributed by atoms with Gasteiger partial charge in [-0.05, 0) is 49.7 Å². The zero-order valence-electron chi connectivity index (χ0n) is 29.5. The first kappa shape index (κ1) is 36.2. The molecule has 2 aliphatic rings. The Labute approximate surface area is 304 Å². The first-order valence-electron chi connectivity index (χ1n) is 17.1. The summed E-state index contributed by atoms with van der Waals surface area (Å²) in [5.74, 6) is -0.270. The van der Waals surface area contributed by atoms with E-state index in [9.17, 15) is 21.6 Å². The van der Waals surface area contributed by atoms with Gasteiger partial charge in [0.2, 0.25) is 16.0 Å². The quantitative estimate of drug-likeness (QED) is 0.165. The molecule has 280 valence electrons. The summed E-state index contributed by atoms with van der Waals surface area (Å²) in [6.45, 7) is 9.36. The number of piperidine rings is 1. The molecule has 14 nitrogen and oxygen atoms in total. The van der Waals surface area contributed by atoms with Crippen molar-refractivity contribution in [3.8, 4) is 5.75 Å². The second-order valence-electron chi connectivity index (χ2n) is 13.2. The van der Waals surface area contributed by atoms with Gasteiger partial charge in [0.15, 0.2) is 11.6 Å². The number of H-pyrrole nitrogens is 1. The topological polar surface area (TPSA) is 148 Å². The largest absolute Gasteiger partial charge is 0.573 e. The molecule has 3 N–H and O–H groups in total. The average molecular weight is 752 g/mol. The van der Waals surface area contributed by atoms with E-state index in [4.69, 9.17) is 0 Å². The fourth-order valence-electron chi connectivity index (χ4n) is 6.94. The first-order chi connectivity index (χ1) is 25.3. The molecule has 0 amide bonds. The van der Waals surface area contributed by atoms with Crippen LogP contribution in [0.15, 0.2) is 55.5 Å². The van der Waals surface area contributed by atoms with E-state index in [2.05, 4.69) is 68.6 Å². The molecule has 2 saturated heterocycles. The molecule has 0 aliphatic carbocycles. The third-order valence-corrected chi connectivity index (χ3v) is 10.9. The van der Waals surface area contributed by atoms with Gasteiger partial charge >= 0.3 is 6.36 Å². The number of ether oxygens (including phenoxy) is 1. The summed E-state index contributed by atoms with van der Waals surface area (Å²) in [5.41, 5.74) is 3.45. The molecule has 2 fully saturated rings. The van der Waals surface area contributed by atoms with Gasteiger partial charge in [-0.1, -0.05) is 12.7 Å². The van der Waals surface area contributed by atoms with E-state index >= 15 is 0 Å². The number of sulfonamides is 1. The van der Waals surface area contributed by atoms with Gasteiger partial charge in [0, 0.05) is 82.7 Å². The second-order valence-corrected chi connectivity index (χ2v) is 15.2. The molecule has 5 aromatic rings. The highest BCUT2D eigenvalue weighted by Crippen LogP contribution is 2.41. The van der Waals surface area contributed by atoms with Gasteiger partial charge in [-0.15, -0.1) is 13.2 Å². The van der Waals surface area contributed by atoms with Crippen LogP contribution in [0.2, 0.25) is 0 Å². The molecule has 0 saturated carbocycles. The maximum Gasteiger partial charge on any atom is 0.573 e. The van der Waals surface area contributed by atoms with Crippen LogP contribution in [0.25, 0.3) is 28.1 Å². The van der Waals surface area contributed by atoms with Crippen LogP contribution >= 0.6 is 0 Å². The minimum Gasteiger partial charge on any atom is -0.403 e. The molecule has 5 heterocycles. The monoisotopic (exact) mass is 751 g/mol. The second kappa shape index (κ2) is 14.3. The number of likely N-dealkylation sites (N-methyl/N-ethyl adjacent to an activating group) is 1. The molecule has 0 unspecified atom stereocenters.